The molecule has 1 aliphatic rings. The zero-order valence-electron chi connectivity index (χ0n) is 14.7. The Morgan fingerprint density at radius 3 is 2.52 bits per heavy atom. The maximum atomic E-state index is 12.4. The first-order valence-electron chi connectivity index (χ1n) is 7.92. The van der Waals surface area contributed by atoms with Gasteiger partial charge in [-0.15, -0.1) is 12.4 Å². The minimum atomic E-state index is -3.71. The van der Waals surface area contributed by atoms with Crippen LogP contribution in [0.5, 0.6) is 5.75 Å². The number of hydrogen-bond donors (Lipinski definition) is 3. The number of halogens is 1. The van der Waals surface area contributed by atoms with Gasteiger partial charge in [-0.3, -0.25) is 4.79 Å². The van der Waals surface area contributed by atoms with Crippen LogP contribution in [0.15, 0.2) is 23.1 Å². The van der Waals surface area contributed by atoms with Gasteiger partial charge in [0.1, 0.15) is 10.6 Å². The van der Waals surface area contributed by atoms with Crippen LogP contribution >= 0.6 is 12.4 Å². The molecule has 1 heterocycles. The first-order valence-corrected chi connectivity index (χ1v) is 9.40. The molecule has 1 fully saturated rings. The molecule has 0 saturated carbocycles. The highest BCUT2D eigenvalue weighted by molar-refractivity contribution is 7.89. The van der Waals surface area contributed by atoms with Gasteiger partial charge < -0.3 is 15.4 Å². The molecule has 3 N–H and O–H groups in total. The van der Waals surface area contributed by atoms with Gasteiger partial charge in [0.05, 0.1) is 7.11 Å². The Balaban J connectivity index is 0.00000312. The molecule has 0 spiro atoms. The van der Waals surface area contributed by atoms with E-state index in [0.717, 1.165) is 25.9 Å². The van der Waals surface area contributed by atoms with Crippen molar-refractivity contribution in [1.29, 1.82) is 0 Å². The van der Waals surface area contributed by atoms with Gasteiger partial charge >= 0.3 is 0 Å². The summed E-state index contributed by atoms with van der Waals surface area (Å²) in [4.78, 5) is 12.4. The third-order valence-electron chi connectivity index (χ3n) is 4.47. The van der Waals surface area contributed by atoms with Gasteiger partial charge in [-0.1, -0.05) is 6.92 Å². The standard InChI is InChI=1S/C16H25N3O4S.ClH/c1-16(6-8-18-9-7-16)11-19-15(20)12-4-5-13(23-3)14(10-12)24(21,22)17-2;/h4-5,10,17-18H,6-9,11H2,1-3H3,(H,19,20);1H. The van der Waals surface area contributed by atoms with E-state index in [2.05, 4.69) is 22.3 Å². The zero-order chi connectivity index (χ0) is 17.8. The van der Waals surface area contributed by atoms with Gasteiger partial charge in [0.25, 0.3) is 5.91 Å². The molecule has 25 heavy (non-hydrogen) atoms. The molecule has 0 bridgehead atoms. The van der Waals surface area contributed by atoms with Crippen molar-refractivity contribution in [3.8, 4) is 5.75 Å². The smallest absolute Gasteiger partial charge is 0.251 e. The number of benzene rings is 1. The fraction of sp³-hybridized carbons (Fsp3) is 0.562. The molecule has 7 nitrogen and oxygen atoms in total. The average Bonchev–Trinajstić information content (AvgIpc) is 2.59. The molecule has 1 aromatic rings. The summed E-state index contributed by atoms with van der Waals surface area (Å²) in [5, 5.41) is 6.22. The fourth-order valence-electron chi connectivity index (χ4n) is 2.74. The Hall–Kier alpha value is -1.35. The summed E-state index contributed by atoms with van der Waals surface area (Å²) >= 11 is 0. The van der Waals surface area contributed by atoms with E-state index in [4.69, 9.17) is 4.74 Å². The Bertz CT molecular complexity index is 703. The van der Waals surface area contributed by atoms with Gasteiger partial charge in [-0.25, -0.2) is 13.1 Å². The van der Waals surface area contributed by atoms with Crippen molar-refractivity contribution in [2.75, 3.05) is 33.8 Å². The van der Waals surface area contributed by atoms with E-state index in [1.54, 1.807) is 6.07 Å². The van der Waals surface area contributed by atoms with E-state index in [1.807, 2.05) is 0 Å². The number of carbonyl (C=O) groups is 1. The largest absolute Gasteiger partial charge is 0.495 e. The summed E-state index contributed by atoms with van der Waals surface area (Å²) in [5.41, 5.74) is 0.356. The topological polar surface area (TPSA) is 96.5 Å². The number of rotatable bonds is 6. The normalized spacial score (nSPS) is 16.6. The van der Waals surface area contributed by atoms with Crippen LogP contribution in [0, 0.1) is 5.41 Å². The van der Waals surface area contributed by atoms with Crippen LogP contribution < -0.4 is 20.1 Å². The van der Waals surface area contributed by atoms with Crippen LogP contribution in [-0.4, -0.2) is 48.1 Å². The molecule has 142 valence electrons. The summed E-state index contributed by atoms with van der Waals surface area (Å²) in [6.07, 6.45) is 1.99. The molecule has 2 rings (SSSR count). The number of nitrogens with one attached hydrogen (secondary N) is 3. The molecular formula is C16H26ClN3O4S. The molecule has 1 amide bonds. The van der Waals surface area contributed by atoms with Crippen LogP contribution in [0.1, 0.15) is 30.1 Å². The van der Waals surface area contributed by atoms with E-state index in [1.165, 1.54) is 26.3 Å². The number of methoxy groups -OCH3 is 1. The van der Waals surface area contributed by atoms with E-state index < -0.39 is 10.0 Å². The number of piperidine rings is 1. The Morgan fingerprint density at radius 2 is 1.96 bits per heavy atom. The quantitative estimate of drug-likeness (QED) is 0.675. The Labute approximate surface area is 155 Å². The van der Waals surface area contributed by atoms with Crippen molar-refractivity contribution in [2.45, 2.75) is 24.7 Å². The van der Waals surface area contributed by atoms with Gasteiger partial charge in [0.2, 0.25) is 10.0 Å². The van der Waals surface area contributed by atoms with Gasteiger partial charge in [0.15, 0.2) is 0 Å². The van der Waals surface area contributed by atoms with Gasteiger partial charge in [-0.2, -0.15) is 0 Å². The minimum Gasteiger partial charge on any atom is -0.495 e. The van der Waals surface area contributed by atoms with Crippen molar-refractivity contribution in [3.63, 3.8) is 0 Å². The second kappa shape index (κ2) is 8.84. The first kappa shape index (κ1) is 21.7. The van der Waals surface area contributed by atoms with Crippen molar-refractivity contribution in [2.24, 2.45) is 5.41 Å². The number of carbonyl (C=O) groups excluding carboxylic acids is 1. The summed E-state index contributed by atoms with van der Waals surface area (Å²) in [6, 6.07) is 4.39. The second-order valence-corrected chi connectivity index (χ2v) is 8.17. The van der Waals surface area contributed by atoms with Crippen LogP contribution in [0.25, 0.3) is 0 Å². The van der Waals surface area contributed by atoms with E-state index in [-0.39, 0.29) is 34.4 Å². The molecular weight excluding hydrogens is 366 g/mol. The zero-order valence-corrected chi connectivity index (χ0v) is 16.4. The number of ether oxygens (including phenoxy) is 1. The van der Waals surface area contributed by atoms with Crippen LogP contribution in [0.4, 0.5) is 0 Å². The van der Waals surface area contributed by atoms with Gasteiger partial charge in [-0.05, 0) is 56.6 Å². The summed E-state index contributed by atoms with van der Waals surface area (Å²) in [6.45, 7) is 4.60. The molecule has 0 unspecified atom stereocenters. The van der Waals surface area contributed by atoms with Crippen molar-refractivity contribution >= 4 is 28.3 Å². The predicted molar refractivity (Wildman–Crippen MR) is 99.0 cm³/mol. The summed E-state index contributed by atoms with van der Waals surface area (Å²) < 4.78 is 31.5. The predicted octanol–water partition coefficient (Wildman–Crippen LogP) is 1.14. The summed E-state index contributed by atoms with van der Waals surface area (Å²) in [5.74, 6) is -0.0869. The molecule has 0 radical (unpaired) electrons. The van der Waals surface area contributed by atoms with Crippen LogP contribution in [-0.2, 0) is 10.0 Å². The monoisotopic (exact) mass is 391 g/mol. The highest BCUT2D eigenvalue weighted by Gasteiger charge is 2.27. The molecule has 0 aliphatic carbocycles. The van der Waals surface area contributed by atoms with E-state index in [0.29, 0.717) is 12.1 Å². The van der Waals surface area contributed by atoms with Crippen LogP contribution in [0.3, 0.4) is 0 Å². The molecule has 1 aliphatic heterocycles. The number of amides is 1. The molecule has 0 atom stereocenters. The van der Waals surface area contributed by atoms with Crippen molar-refractivity contribution in [1.82, 2.24) is 15.4 Å². The lowest BCUT2D eigenvalue weighted by atomic mass is 9.81. The molecule has 1 saturated heterocycles. The maximum absolute atomic E-state index is 12.4. The SMILES string of the molecule is CNS(=O)(=O)c1cc(C(=O)NCC2(C)CCNCC2)ccc1OC.Cl. The number of sulfonamides is 1. The van der Waals surface area contributed by atoms with E-state index >= 15 is 0 Å². The highest BCUT2D eigenvalue weighted by Crippen LogP contribution is 2.27. The van der Waals surface area contributed by atoms with Crippen molar-refractivity contribution < 1.29 is 17.9 Å². The number of hydrogen-bond acceptors (Lipinski definition) is 5. The Kier molecular flexibility index (Phi) is 7.67. The first-order chi connectivity index (χ1) is 11.3. The lowest BCUT2D eigenvalue weighted by molar-refractivity contribution is 0.0922. The highest BCUT2D eigenvalue weighted by atomic mass is 35.5. The third kappa shape index (κ3) is 5.31. The molecule has 9 heteroatoms. The molecule has 1 aromatic carbocycles. The average molecular weight is 392 g/mol. The maximum Gasteiger partial charge on any atom is 0.251 e. The lowest BCUT2D eigenvalue weighted by Gasteiger charge is -2.34. The fourth-order valence-corrected chi connectivity index (χ4v) is 3.66. The lowest BCUT2D eigenvalue weighted by Crippen LogP contribution is -2.42. The van der Waals surface area contributed by atoms with Gasteiger partial charge in [0, 0.05) is 12.1 Å². The van der Waals surface area contributed by atoms with E-state index in [9.17, 15) is 13.2 Å². The summed E-state index contributed by atoms with van der Waals surface area (Å²) in [7, 11) is -0.998. The van der Waals surface area contributed by atoms with Crippen LogP contribution in [0.2, 0.25) is 0 Å². The second-order valence-electron chi connectivity index (χ2n) is 6.32. The van der Waals surface area contributed by atoms with Crippen molar-refractivity contribution in [3.05, 3.63) is 23.8 Å². The Morgan fingerprint density at radius 1 is 1.32 bits per heavy atom. The minimum absolute atomic E-state index is 0. The molecule has 0 aromatic heterocycles. The third-order valence-corrected chi connectivity index (χ3v) is 5.91.